The Morgan fingerprint density at radius 2 is 1.91 bits per heavy atom. The monoisotopic (exact) mass is 434 g/mol. The van der Waals surface area contributed by atoms with E-state index in [1.54, 1.807) is 50.5 Å². The molecule has 1 heterocycles. The maximum absolute atomic E-state index is 14.8. The average molecular weight is 435 g/mol. The summed E-state index contributed by atoms with van der Waals surface area (Å²) in [6.45, 7) is 0. The lowest BCUT2D eigenvalue weighted by Crippen LogP contribution is -2.50. The lowest BCUT2D eigenvalue weighted by atomic mass is 9.97. The second kappa shape index (κ2) is 9.09. The van der Waals surface area contributed by atoms with Crippen molar-refractivity contribution in [3.63, 3.8) is 0 Å². The molecule has 1 saturated carbocycles. The molecule has 1 aliphatic heterocycles. The lowest BCUT2D eigenvalue weighted by molar-refractivity contribution is -0.124. The molecule has 2 bridgehead atoms. The first kappa shape index (κ1) is 22.0. The lowest BCUT2D eigenvalue weighted by Gasteiger charge is -2.23. The Morgan fingerprint density at radius 3 is 2.47 bits per heavy atom. The van der Waals surface area contributed by atoms with Crippen LogP contribution >= 0.6 is 0 Å². The first-order valence-corrected chi connectivity index (χ1v) is 10.9. The number of carbonyl (C=O) groups is 2. The molecule has 2 N–H and O–H groups in total. The fourth-order valence-electron chi connectivity index (χ4n) is 4.72. The van der Waals surface area contributed by atoms with Crippen LogP contribution in [0, 0.1) is 23.1 Å². The van der Waals surface area contributed by atoms with Gasteiger partial charge in [-0.1, -0.05) is 24.3 Å². The van der Waals surface area contributed by atoms with E-state index >= 15 is 0 Å². The molecule has 1 saturated heterocycles. The first-order chi connectivity index (χ1) is 15.4. The number of nitrogens with zero attached hydrogens (tertiary/aromatic N) is 2. The summed E-state index contributed by atoms with van der Waals surface area (Å²) in [5, 5.41) is 15.6. The average Bonchev–Trinajstić information content (AvgIpc) is 3.43. The van der Waals surface area contributed by atoms with Crippen molar-refractivity contribution in [3.05, 3.63) is 59.4 Å². The molecule has 2 aromatic rings. The summed E-state index contributed by atoms with van der Waals surface area (Å²) in [4.78, 5) is 26.1. The van der Waals surface area contributed by atoms with Gasteiger partial charge in [-0.2, -0.15) is 5.26 Å². The van der Waals surface area contributed by atoms with Crippen LogP contribution in [0.15, 0.2) is 42.5 Å². The molecule has 4 atom stereocenters. The Bertz CT molecular complexity index is 1060. The topological polar surface area (TPSA) is 85.2 Å². The van der Waals surface area contributed by atoms with E-state index in [0.29, 0.717) is 28.7 Å². The van der Waals surface area contributed by atoms with Crippen LogP contribution in [0.5, 0.6) is 0 Å². The van der Waals surface area contributed by atoms with Gasteiger partial charge in [0, 0.05) is 32.1 Å². The second-order valence-corrected chi connectivity index (χ2v) is 8.89. The minimum atomic E-state index is -0.792. The molecule has 6 nitrogen and oxygen atoms in total. The van der Waals surface area contributed by atoms with Crippen molar-refractivity contribution in [3.8, 4) is 17.2 Å². The van der Waals surface area contributed by atoms with Crippen LogP contribution in [0.4, 0.5) is 4.39 Å². The summed E-state index contributed by atoms with van der Waals surface area (Å²) in [6, 6.07) is 13.3. The highest BCUT2D eigenvalue weighted by Crippen LogP contribution is 2.35. The highest BCUT2D eigenvalue weighted by atomic mass is 19.1. The Labute approximate surface area is 187 Å². The van der Waals surface area contributed by atoms with Crippen molar-refractivity contribution in [2.45, 2.75) is 43.8 Å². The zero-order valence-corrected chi connectivity index (χ0v) is 18.3. The highest BCUT2D eigenvalue weighted by Gasteiger charge is 2.43. The standard InChI is InChI=1S/C25H27FN4O2/c1-30(2)25(32)16-5-3-15(4-6-16)17-7-8-18(22(26)13-17)11-21(14-27)29-24(31)23-19-9-10-20(12-19)28-23/h3-8,13,19-21,23,28H,9-12H2,1-2H3,(H,29,31). The van der Waals surface area contributed by atoms with Crippen molar-refractivity contribution in [2.75, 3.05) is 14.1 Å². The smallest absolute Gasteiger partial charge is 0.253 e. The van der Waals surface area contributed by atoms with Crippen LogP contribution in [0.1, 0.15) is 35.2 Å². The largest absolute Gasteiger partial charge is 0.345 e. The number of nitrogens with one attached hydrogen (secondary N) is 2. The molecular formula is C25H27FN4O2. The number of hydrogen-bond donors (Lipinski definition) is 2. The van der Waals surface area contributed by atoms with E-state index in [2.05, 4.69) is 16.7 Å². The summed E-state index contributed by atoms with van der Waals surface area (Å²) in [5.74, 6) is -0.366. The Balaban J connectivity index is 1.42. The van der Waals surface area contributed by atoms with Crippen LogP contribution in [-0.4, -0.2) is 48.9 Å². The van der Waals surface area contributed by atoms with Gasteiger partial charge >= 0.3 is 0 Å². The SMILES string of the molecule is CN(C)C(=O)c1ccc(-c2ccc(CC(C#N)NC(=O)C3NC4CCC3C4)c(F)c2)cc1. The molecule has 2 fully saturated rings. The van der Waals surface area contributed by atoms with E-state index in [9.17, 15) is 19.2 Å². The number of amides is 2. The number of fused-ring (bicyclic) bond motifs is 2. The van der Waals surface area contributed by atoms with Crippen LogP contribution in [0.25, 0.3) is 11.1 Å². The molecule has 166 valence electrons. The van der Waals surface area contributed by atoms with E-state index in [0.717, 1.165) is 24.8 Å². The van der Waals surface area contributed by atoms with Gasteiger partial charge in [0.15, 0.2) is 0 Å². The van der Waals surface area contributed by atoms with Crippen LogP contribution < -0.4 is 10.6 Å². The quantitative estimate of drug-likeness (QED) is 0.732. The van der Waals surface area contributed by atoms with Crippen LogP contribution in [0.2, 0.25) is 0 Å². The van der Waals surface area contributed by atoms with E-state index in [1.165, 1.54) is 11.0 Å². The van der Waals surface area contributed by atoms with E-state index in [4.69, 9.17) is 0 Å². The number of hydrogen-bond acceptors (Lipinski definition) is 4. The summed E-state index contributed by atoms with van der Waals surface area (Å²) < 4.78 is 14.8. The minimum Gasteiger partial charge on any atom is -0.345 e. The van der Waals surface area contributed by atoms with Gasteiger partial charge in [0.05, 0.1) is 12.1 Å². The Morgan fingerprint density at radius 1 is 1.19 bits per heavy atom. The molecule has 1 aliphatic carbocycles. The minimum absolute atomic E-state index is 0.0942. The maximum atomic E-state index is 14.8. The van der Waals surface area contributed by atoms with Gasteiger partial charge in [-0.05, 0) is 60.1 Å². The second-order valence-electron chi connectivity index (χ2n) is 8.89. The Kier molecular flexibility index (Phi) is 6.24. The van der Waals surface area contributed by atoms with Crippen molar-refractivity contribution < 1.29 is 14.0 Å². The van der Waals surface area contributed by atoms with Gasteiger partial charge in [-0.25, -0.2) is 4.39 Å². The van der Waals surface area contributed by atoms with Gasteiger partial charge in [0.2, 0.25) is 5.91 Å². The van der Waals surface area contributed by atoms with Crippen molar-refractivity contribution in [1.29, 1.82) is 5.26 Å². The van der Waals surface area contributed by atoms with Gasteiger partial charge in [-0.15, -0.1) is 0 Å². The van der Waals surface area contributed by atoms with Crippen LogP contribution in [-0.2, 0) is 11.2 Å². The molecule has 2 aliphatic rings. The number of halogens is 1. The third kappa shape index (κ3) is 4.51. The van der Waals surface area contributed by atoms with Gasteiger partial charge in [-0.3, -0.25) is 9.59 Å². The summed E-state index contributed by atoms with van der Waals surface area (Å²) in [7, 11) is 3.38. The van der Waals surface area contributed by atoms with Crippen LogP contribution in [0.3, 0.4) is 0 Å². The molecule has 4 rings (SSSR count). The molecule has 4 unspecified atom stereocenters. The van der Waals surface area contributed by atoms with Crippen molar-refractivity contribution in [1.82, 2.24) is 15.5 Å². The molecule has 32 heavy (non-hydrogen) atoms. The number of nitriles is 1. The zero-order chi connectivity index (χ0) is 22.8. The molecule has 7 heteroatoms. The summed E-state index contributed by atoms with van der Waals surface area (Å²) >= 11 is 0. The first-order valence-electron chi connectivity index (χ1n) is 10.9. The molecule has 0 spiro atoms. The number of carbonyl (C=O) groups excluding carboxylic acids is 2. The molecule has 0 radical (unpaired) electrons. The zero-order valence-electron chi connectivity index (χ0n) is 18.3. The van der Waals surface area contributed by atoms with E-state index in [-0.39, 0.29) is 24.3 Å². The Hall–Kier alpha value is -3.24. The molecular weight excluding hydrogens is 407 g/mol. The summed E-state index contributed by atoms with van der Waals surface area (Å²) in [5.41, 5.74) is 2.41. The van der Waals surface area contributed by atoms with Crippen molar-refractivity contribution in [2.24, 2.45) is 5.92 Å². The van der Waals surface area contributed by atoms with Gasteiger partial charge < -0.3 is 15.5 Å². The number of benzene rings is 2. The summed E-state index contributed by atoms with van der Waals surface area (Å²) in [6.07, 6.45) is 3.25. The normalized spacial score (nSPS) is 22.2. The number of piperidine rings is 1. The van der Waals surface area contributed by atoms with E-state index < -0.39 is 11.9 Å². The predicted molar refractivity (Wildman–Crippen MR) is 119 cm³/mol. The van der Waals surface area contributed by atoms with Gasteiger partial charge in [0.25, 0.3) is 5.91 Å². The third-order valence-corrected chi connectivity index (χ3v) is 6.46. The molecule has 2 aromatic carbocycles. The maximum Gasteiger partial charge on any atom is 0.253 e. The predicted octanol–water partition coefficient (Wildman–Crippen LogP) is 2.89. The number of rotatable bonds is 6. The van der Waals surface area contributed by atoms with Gasteiger partial charge in [0.1, 0.15) is 11.9 Å². The molecule has 2 amide bonds. The van der Waals surface area contributed by atoms with Crippen molar-refractivity contribution >= 4 is 11.8 Å². The fraction of sp³-hybridized carbons (Fsp3) is 0.400. The highest BCUT2D eigenvalue weighted by molar-refractivity contribution is 5.94. The van der Waals surface area contributed by atoms with E-state index in [1.807, 2.05) is 0 Å². The fourth-order valence-corrected chi connectivity index (χ4v) is 4.72. The molecule has 0 aromatic heterocycles. The third-order valence-electron chi connectivity index (χ3n) is 6.46.